The fraction of sp³-hybridized carbons (Fsp3) is 0.846. The lowest BCUT2D eigenvalue weighted by molar-refractivity contribution is -0.142. The molecule has 18 heavy (non-hydrogen) atoms. The molecule has 1 heterocycles. The molecule has 5 nitrogen and oxygen atoms in total. The highest BCUT2D eigenvalue weighted by Crippen LogP contribution is 2.26. The number of carbonyl (C=O) groups is 2. The standard InChI is InChI=1S/C13H22N2O3/c1-8-7-15(9(8)2)13(18)14-11-5-3-10(4-6-11)12(16)17/h8-11H,3-7H2,1-2H3,(H,14,18)(H,16,17). The number of rotatable bonds is 2. The van der Waals surface area contributed by atoms with Crippen LogP contribution in [0.2, 0.25) is 0 Å². The summed E-state index contributed by atoms with van der Waals surface area (Å²) in [5.74, 6) is -0.343. The van der Waals surface area contributed by atoms with E-state index in [1.54, 1.807) is 0 Å². The Labute approximate surface area is 108 Å². The van der Waals surface area contributed by atoms with Crippen molar-refractivity contribution in [1.29, 1.82) is 0 Å². The van der Waals surface area contributed by atoms with Crippen LogP contribution in [0.4, 0.5) is 4.79 Å². The van der Waals surface area contributed by atoms with E-state index in [0.29, 0.717) is 24.8 Å². The summed E-state index contributed by atoms with van der Waals surface area (Å²) >= 11 is 0. The number of carboxylic acids is 1. The van der Waals surface area contributed by atoms with Crippen LogP contribution >= 0.6 is 0 Å². The number of aliphatic carboxylic acids is 1. The summed E-state index contributed by atoms with van der Waals surface area (Å²) in [6.45, 7) is 5.04. The highest BCUT2D eigenvalue weighted by atomic mass is 16.4. The van der Waals surface area contributed by atoms with Crippen LogP contribution in [0, 0.1) is 11.8 Å². The molecule has 2 rings (SSSR count). The quantitative estimate of drug-likeness (QED) is 0.787. The Balaban J connectivity index is 1.75. The Bertz CT molecular complexity index is 337. The van der Waals surface area contributed by atoms with Crippen molar-refractivity contribution < 1.29 is 14.7 Å². The molecule has 1 saturated carbocycles. The van der Waals surface area contributed by atoms with Gasteiger partial charge in [0.25, 0.3) is 0 Å². The van der Waals surface area contributed by atoms with Crippen molar-refractivity contribution in [3.63, 3.8) is 0 Å². The highest BCUT2D eigenvalue weighted by molar-refractivity contribution is 5.76. The SMILES string of the molecule is CC1CN(C(=O)NC2CCC(C(=O)O)CC2)C1C. The van der Waals surface area contributed by atoms with Crippen LogP contribution in [-0.2, 0) is 4.79 Å². The van der Waals surface area contributed by atoms with Gasteiger partial charge in [-0.15, -0.1) is 0 Å². The summed E-state index contributed by atoms with van der Waals surface area (Å²) in [5.41, 5.74) is 0. The Morgan fingerprint density at radius 1 is 1.17 bits per heavy atom. The molecular formula is C13H22N2O3. The summed E-state index contributed by atoms with van der Waals surface area (Å²) in [5, 5.41) is 11.9. The van der Waals surface area contributed by atoms with E-state index >= 15 is 0 Å². The maximum atomic E-state index is 12.0. The largest absolute Gasteiger partial charge is 0.481 e. The lowest BCUT2D eigenvalue weighted by Gasteiger charge is -2.45. The zero-order valence-electron chi connectivity index (χ0n) is 11.1. The first-order valence-electron chi connectivity index (χ1n) is 6.79. The van der Waals surface area contributed by atoms with E-state index in [1.165, 1.54) is 0 Å². The van der Waals surface area contributed by atoms with Crippen LogP contribution in [0.1, 0.15) is 39.5 Å². The number of amides is 2. The van der Waals surface area contributed by atoms with Crippen LogP contribution in [0.5, 0.6) is 0 Å². The maximum Gasteiger partial charge on any atom is 0.317 e. The molecule has 5 heteroatoms. The first-order chi connectivity index (χ1) is 8.49. The smallest absolute Gasteiger partial charge is 0.317 e. The zero-order valence-corrected chi connectivity index (χ0v) is 11.1. The van der Waals surface area contributed by atoms with Crippen LogP contribution in [0.3, 0.4) is 0 Å². The molecule has 2 amide bonds. The third kappa shape index (κ3) is 2.60. The van der Waals surface area contributed by atoms with Crippen LogP contribution < -0.4 is 5.32 Å². The molecule has 102 valence electrons. The Morgan fingerprint density at radius 2 is 1.78 bits per heavy atom. The average Bonchev–Trinajstić information content (AvgIpc) is 2.35. The first-order valence-corrected chi connectivity index (χ1v) is 6.79. The number of hydrogen-bond donors (Lipinski definition) is 2. The fourth-order valence-electron chi connectivity index (χ4n) is 2.81. The molecule has 0 radical (unpaired) electrons. The molecule has 1 aliphatic heterocycles. The topological polar surface area (TPSA) is 69.6 Å². The van der Waals surface area contributed by atoms with Crippen molar-refractivity contribution >= 4 is 12.0 Å². The van der Waals surface area contributed by atoms with Gasteiger partial charge in [0.2, 0.25) is 0 Å². The van der Waals surface area contributed by atoms with Crippen molar-refractivity contribution in [1.82, 2.24) is 10.2 Å². The molecule has 1 aliphatic carbocycles. The normalized spacial score (nSPS) is 35.8. The summed E-state index contributed by atoms with van der Waals surface area (Å²) in [6, 6.07) is 0.482. The van der Waals surface area contributed by atoms with Gasteiger partial charge in [0.05, 0.1) is 5.92 Å². The number of urea groups is 1. The third-order valence-electron chi connectivity index (χ3n) is 4.46. The van der Waals surface area contributed by atoms with Gasteiger partial charge in [0.1, 0.15) is 0 Å². The van der Waals surface area contributed by atoms with Crippen LogP contribution in [-0.4, -0.2) is 40.6 Å². The van der Waals surface area contributed by atoms with E-state index < -0.39 is 5.97 Å². The first kappa shape index (κ1) is 13.2. The predicted molar refractivity (Wildman–Crippen MR) is 67.2 cm³/mol. The molecular weight excluding hydrogens is 232 g/mol. The van der Waals surface area contributed by atoms with Gasteiger partial charge in [0.15, 0.2) is 0 Å². The Hall–Kier alpha value is -1.26. The summed E-state index contributed by atoms with van der Waals surface area (Å²) in [6.07, 6.45) is 2.90. The van der Waals surface area contributed by atoms with E-state index in [0.717, 1.165) is 19.4 Å². The minimum Gasteiger partial charge on any atom is -0.481 e. The number of nitrogens with zero attached hydrogens (tertiary/aromatic N) is 1. The second-order valence-electron chi connectivity index (χ2n) is 5.71. The van der Waals surface area contributed by atoms with E-state index in [-0.39, 0.29) is 18.0 Å². The van der Waals surface area contributed by atoms with E-state index in [2.05, 4.69) is 19.2 Å². The van der Waals surface area contributed by atoms with Crippen molar-refractivity contribution in [3.05, 3.63) is 0 Å². The lowest BCUT2D eigenvalue weighted by Crippen LogP contribution is -2.60. The van der Waals surface area contributed by atoms with Gasteiger partial charge in [-0.2, -0.15) is 0 Å². The number of nitrogens with one attached hydrogen (secondary N) is 1. The third-order valence-corrected chi connectivity index (χ3v) is 4.46. The molecule has 2 atom stereocenters. The lowest BCUT2D eigenvalue weighted by atomic mass is 9.86. The maximum absolute atomic E-state index is 12.0. The highest BCUT2D eigenvalue weighted by Gasteiger charge is 2.36. The van der Waals surface area contributed by atoms with Gasteiger partial charge in [-0.3, -0.25) is 4.79 Å². The van der Waals surface area contributed by atoms with Gasteiger partial charge >= 0.3 is 12.0 Å². The van der Waals surface area contributed by atoms with Crippen molar-refractivity contribution in [2.75, 3.05) is 6.54 Å². The molecule has 1 saturated heterocycles. The van der Waals surface area contributed by atoms with Gasteiger partial charge < -0.3 is 15.3 Å². The predicted octanol–water partition coefficient (Wildman–Crippen LogP) is 1.68. The molecule has 2 aliphatic rings. The Morgan fingerprint density at radius 3 is 2.22 bits per heavy atom. The number of carboxylic acid groups (broad SMARTS) is 1. The average molecular weight is 254 g/mol. The molecule has 2 unspecified atom stereocenters. The zero-order chi connectivity index (χ0) is 13.3. The summed E-state index contributed by atoms with van der Waals surface area (Å²) in [7, 11) is 0. The molecule has 0 aromatic heterocycles. The summed E-state index contributed by atoms with van der Waals surface area (Å²) < 4.78 is 0. The molecule has 0 aromatic carbocycles. The van der Waals surface area contributed by atoms with Gasteiger partial charge in [-0.25, -0.2) is 4.79 Å². The van der Waals surface area contributed by atoms with Gasteiger partial charge in [-0.05, 0) is 38.5 Å². The second-order valence-corrected chi connectivity index (χ2v) is 5.71. The Kier molecular flexibility index (Phi) is 3.78. The summed E-state index contributed by atoms with van der Waals surface area (Å²) in [4.78, 5) is 24.6. The van der Waals surface area contributed by atoms with Gasteiger partial charge in [0, 0.05) is 18.6 Å². The minimum atomic E-state index is -0.704. The molecule has 2 fully saturated rings. The second kappa shape index (κ2) is 5.16. The molecule has 2 N–H and O–H groups in total. The van der Waals surface area contributed by atoms with E-state index in [4.69, 9.17) is 5.11 Å². The number of hydrogen-bond acceptors (Lipinski definition) is 2. The molecule has 0 aromatic rings. The van der Waals surface area contributed by atoms with Gasteiger partial charge in [-0.1, -0.05) is 6.92 Å². The van der Waals surface area contributed by atoms with Crippen LogP contribution in [0.15, 0.2) is 0 Å². The molecule has 0 spiro atoms. The fourth-order valence-corrected chi connectivity index (χ4v) is 2.81. The van der Waals surface area contributed by atoms with Crippen molar-refractivity contribution in [2.45, 2.75) is 51.6 Å². The molecule has 0 bridgehead atoms. The van der Waals surface area contributed by atoms with Crippen molar-refractivity contribution in [3.8, 4) is 0 Å². The van der Waals surface area contributed by atoms with E-state index in [9.17, 15) is 9.59 Å². The number of likely N-dealkylation sites (tertiary alicyclic amines) is 1. The minimum absolute atomic E-state index is 0.0133. The van der Waals surface area contributed by atoms with Crippen molar-refractivity contribution in [2.24, 2.45) is 11.8 Å². The van der Waals surface area contributed by atoms with E-state index in [1.807, 2.05) is 4.90 Å². The van der Waals surface area contributed by atoms with Crippen LogP contribution in [0.25, 0.3) is 0 Å². The number of carbonyl (C=O) groups excluding carboxylic acids is 1. The monoisotopic (exact) mass is 254 g/mol.